The van der Waals surface area contributed by atoms with Crippen LogP contribution in [0.5, 0.6) is 0 Å². The maximum Gasteiger partial charge on any atom is 0.183 e. The van der Waals surface area contributed by atoms with Crippen LogP contribution >= 0.6 is 11.3 Å². The lowest BCUT2D eigenvalue weighted by atomic mass is 9.96. The van der Waals surface area contributed by atoms with E-state index in [1.54, 1.807) is 17.5 Å². The number of sulfone groups is 1. The highest BCUT2D eigenvalue weighted by atomic mass is 32.2. The highest BCUT2D eigenvalue weighted by Crippen LogP contribution is 2.46. The number of benzene rings is 1. The van der Waals surface area contributed by atoms with Gasteiger partial charge in [0.25, 0.3) is 0 Å². The molecule has 4 nitrogen and oxygen atoms in total. The minimum absolute atomic E-state index is 0.0617. The van der Waals surface area contributed by atoms with Gasteiger partial charge in [-0.15, -0.1) is 11.3 Å². The molecular formula is C20H18N2O2S2. The molecule has 6 heteroatoms. The maximum atomic E-state index is 13.0. The summed E-state index contributed by atoms with van der Waals surface area (Å²) in [6, 6.07) is 13.9. The Labute approximate surface area is 157 Å². The minimum Gasteiger partial charge on any atom is -0.297 e. The Morgan fingerprint density at radius 2 is 2.08 bits per heavy atom. The molecule has 26 heavy (non-hydrogen) atoms. The summed E-state index contributed by atoms with van der Waals surface area (Å²) in [6.45, 7) is 2.11. The molecule has 5 rings (SSSR count). The summed E-state index contributed by atoms with van der Waals surface area (Å²) < 4.78 is 26.1. The van der Waals surface area contributed by atoms with Crippen molar-refractivity contribution < 1.29 is 8.42 Å². The normalized spacial score (nSPS) is 23.7. The third-order valence-electron chi connectivity index (χ3n) is 5.39. The van der Waals surface area contributed by atoms with Crippen LogP contribution < -0.4 is 0 Å². The van der Waals surface area contributed by atoms with Crippen molar-refractivity contribution in [3.63, 3.8) is 0 Å². The summed E-state index contributed by atoms with van der Waals surface area (Å²) >= 11 is 1.68. The summed E-state index contributed by atoms with van der Waals surface area (Å²) in [5.41, 5.74) is 3.23. The number of hydrogen-bond donors (Lipinski definition) is 0. The van der Waals surface area contributed by atoms with Gasteiger partial charge in [-0.05, 0) is 46.3 Å². The van der Waals surface area contributed by atoms with E-state index in [4.69, 9.17) is 0 Å². The predicted octanol–water partition coefficient (Wildman–Crippen LogP) is 3.57. The smallest absolute Gasteiger partial charge is 0.183 e. The zero-order valence-electron chi connectivity index (χ0n) is 14.1. The molecule has 4 heterocycles. The molecule has 1 saturated heterocycles. The summed E-state index contributed by atoms with van der Waals surface area (Å²) in [4.78, 5) is 8.12. The molecule has 0 amide bonds. The molecule has 2 aromatic heterocycles. The Morgan fingerprint density at radius 3 is 2.85 bits per heavy atom. The average Bonchev–Trinajstić information content (AvgIpc) is 3.35. The summed E-state index contributed by atoms with van der Waals surface area (Å²) in [5.74, 6) is 0.0617. The van der Waals surface area contributed by atoms with Gasteiger partial charge in [0.15, 0.2) is 9.84 Å². The Bertz CT molecular complexity index is 1050. The van der Waals surface area contributed by atoms with E-state index in [1.807, 2.05) is 41.9 Å². The van der Waals surface area contributed by atoms with E-state index < -0.39 is 9.84 Å². The van der Waals surface area contributed by atoms with Gasteiger partial charge in [0.2, 0.25) is 0 Å². The van der Waals surface area contributed by atoms with E-state index in [1.165, 1.54) is 4.88 Å². The molecule has 1 aromatic carbocycles. The molecule has 0 aliphatic carbocycles. The van der Waals surface area contributed by atoms with Gasteiger partial charge in [-0.2, -0.15) is 0 Å². The van der Waals surface area contributed by atoms with Crippen molar-refractivity contribution in [3.8, 4) is 10.4 Å². The molecule has 132 valence electrons. The highest BCUT2D eigenvalue weighted by molar-refractivity contribution is 7.92. The van der Waals surface area contributed by atoms with Gasteiger partial charge in [0, 0.05) is 42.8 Å². The van der Waals surface area contributed by atoms with Gasteiger partial charge in [-0.25, -0.2) is 8.42 Å². The lowest BCUT2D eigenvalue weighted by Gasteiger charge is -2.17. The van der Waals surface area contributed by atoms with E-state index in [2.05, 4.69) is 22.0 Å². The summed E-state index contributed by atoms with van der Waals surface area (Å²) in [6.07, 6.45) is 3.61. The van der Waals surface area contributed by atoms with Crippen molar-refractivity contribution in [1.29, 1.82) is 0 Å². The molecule has 0 saturated carbocycles. The second kappa shape index (κ2) is 6.01. The van der Waals surface area contributed by atoms with Gasteiger partial charge in [0.05, 0.1) is 10.1 Å². The SMILES string of the molecule is O=S1(=O)c2ccc(-c3cccs3)cc2[C@H]2CN(Cc3cccnc3)C[C@@H]21. The number of likely N-dealkylation sites (tertiary alicyclic amines) is 1. The lowest BCUT2D eigenvalue weighted by Crippen LogP contribution is -2.25. The van der Waals surface area contributed by atoms with Gasteiger partial charge >= 0.3 is 0 Å². The van der Waals surface area contributed by atoms with E-state index in [9.17, 15) is 8.42 Å². The maximum absolute atomic E-state index is 13.0. The van der Waals surface area contributed by atoms with Crippen LogP contribution in [0.2, 0.25) is 0 Å². The monoisotopic (exact) mass is 382 g/mol. The molecular weight excluding hydrogens is 364 g/mol. The molecule has 2 aliphatic heterocycles. The van der Waals surface area contributed by atoms with Crippen LogP contribution in [0.15, 0.2) is 65.1 Å². The standard InChI is InChI=1S/C20H18N2O2S2/c23-26(24)19-6-5-15(18-4-2-8-25-18)9-16(19)17-12-22(13-20(17)26)11-14-3-1-7-21-10-14/h1-10,17,20H,11-13H2/t17-,20+/m1/s1. The minimum atomic E-state index is -3.25. The molecule has 2 atom stereocenters. The average molecular weight is 383 g/mol. The first-order chi connectivity index (χ1) is 12.6. The van der Waals surface area contributed by atoms with Crippen LogP contribution in [-0.4, -0.2) is 36.6 Å². The predicted molar refractivity (Wildman–Crippen MR) is 103 cm³/mol. The number of rotatable bonds is 3. The van der Waals surface area contributed by atoms with E-state index in [0.717, 1.165) is 29.8 Å². The number of pyridine rings is 1. The van der Waals surface area contributed by atoms with Gasteiger partial charge in [0.1, 0.15) is 0 Å². The summed E-state index contributed by atoms with van der Waals surface area (Å²) in [5, 5.41) is 1.72. The van der Waals surface area contributed by atoms with Crippen molar-refractivity contribution in [2.45, 2.75) is 22.6 Å². The number of nitrogens with zero attached hydrogens (tertiary/aromatic N) is 2. The molecule has 2 aliphatic rings. The molecule has 0 radical (unpaired) electrons. The van der Waals surface area contributed by atoms with Crippen molar-refractivity contribution in [1.82, 2.24) is 9.88 Å². The fourth-order valence-corrected chi connectivity index (χ4v) is 7.12. The van der Waals surface area contributed by atoms with Crippen LogP contribution in [0, 0.1) is 0 Å². The molecule has 0 N–H and O–H groups in total. The first kappa shape index (κ1) is 16.2. The Kier molecular flexibility index (Phi) is 3.74. The van der Waals surface area contributed by atoms with Gasteiger partial charge in [-0.3, -0.25) is 9.88 Å². The van der Waals surface area contributed by atoms with Crippen molar-refractivity contribution in [3.05, 3.63) is 71.4 Å². The van der Waals surface area contributed by atoms with E-state index >= 15 is 0 Å². The topological polar surface area (TPSA) is 50.3 Å². The lowest BCUT2D eigenvalue weighted by molar-refractivity contribution is 0.325. The first-order valence-corrected chi connectivity index (χ1v) is 11.1. The summed E-state index contributed by atoms with van der Waals surface area (Å²) in [7, 11) is -3.25. The van der Waals surface area contributed by atoms with Crippen LogP contribution in [-0.2, 0) is 16.4 Å². The zero-order valence-corrected chi connectivity index (χ0v) is 15.7. The molecule has 3 aromatic rings. The quantitative estimate of drug-likeness (QED) is 0.695. The van der Waals surface area contributed by atoms with Crippen molar-refractivity contribution >= 4 is 21.2 Å². The third-order valence-corrected chi connectivity index (χ3v) is 8.57. The van der Waals surface area contributed by atoms with Crippen molar-refractivity contribution in [2.75, 3.05) is 13.1 Å². The number of thiophene rings is 1. The van der Waals surface area contributed by atoms with Gasteiger partial charge in [-0.1, -0.05) is 18.2 Å². The Balaban J connectivity index is 1.49. The second-order valence-corrected chi connectivity index (χ2v) is 10.1. The molecule has 0 spiro atoms. The van der Waals surface area contributed by atoms with E-state index in [-0.39, 0.29) is 11.2 Å². The Morgan fingerprint density at radius 1 is 1.15 bits per heavy atom. The zero-order chi connectivity index (χ0) is 17.7. The van der Waals surface area contributed by atoms with Crippen molar-refractivity contribution in [2.24, 2.45) is 0 Å². The van der Waals surface area contributed by atoms with Crippen LogP contribution in [0.3, 0.4) is 0 Å². The van der Waals surface area contributed by atoms with Gasteiger partial charge < -0.3 is 0 Å². The van der Waals surface area contributed by atoms with Crippen LogP contribution in [0.25, 0.3) is 10.4 Å². The highest BCUT2D eigenvalue weighted by Gasteiger charge is 2.50. The number of aromatic nitrogens is 1. The number of hydrogen-bond acceptors (Lipinski definition) is 5. The fraction of sp³-hybridized carbons (Fsp3) is 0.250. The van der Waals surface area contributed by atoms with Crippen LogP contribution in [0.4, 0.5) is 0 Å². The molecule has 0 unspecified atom stereocenters. The van der Waals surface area contributed by atoms with Crippen LogP contribution in [0.1, 0.15) is 17.0 Å². The first-order valence-electron chi connectivity index (χ1n) is 8.66. The second-order valence-electron chi connectivity index (χ2n) is 6.98. The molecule has 1 fully saturated rings. The van der Waals surface area contributed by atoms with E-state index in [0.29, 0.717) is 11.4 Å². The number of fused-ring (bicyclic) bond motifs is 3. The third kappa shape index (κ3) is 2.52. The molecule has 0 bridgehead atoms. The Hall–Kier alpha value is -2.02. The fourth-order valence-electron chi connectivity index (χ4n) is 4.20. The largest absolute Gasteiger partial charge is 0.297 e.